The molecule has 0 spiro atoms. The van der Waals surface area contributed by atoms with Gasteiger partial charge in [-0.05, 0) is 45.2 Å². The fraction of sp³-hybridized carbons (Fsp3) is 0.368. The summed E-state index contributed by atoms with van der Waals surface area (Å²) in [6, 6.07) is 9.12. The molecular weight excluding hydrogens is 362 g/mol. The van der Waals surface area contributed by atoms with Crippen LogP contribution < -0.4 is 11.0 Å². The zero-order valence-corrected chi connectivity index (χ0v) is 16.1. The van der Waals surface area contributed by atoms with Gasteiger partial charge in [-0.2, -0.15) is 9.78 Å². The van der Waals surface area contributed by atoms with Crippen molar-refractivity contribution in [3.63, 3.8) is 0 Å². The van der Waals surface area contributed by atoms with Crippen LogP contribution in [0.25, 0.3) is 5.69 Å². The van der Waals surface area contributed by atoms with E-state index >= 15 is 0 Å². The summed E-state index contributed by atoms with van der Waals surface area (Å²) in [5.74, 6) is 0.309. The third-order valence-electron chi connectivity index (χ3n) is 4.75. The number of carbonyl (C=O) groups excluding carboxylic acids is 1. The highest BCUT2D eigenvalue weighted by atomic mass is 32.1. The molecule has 0 unspecified atom stereocenters. The number of nitrogens with one attached hydrogen (secondary N) is 1. The topological polar surface area (TPSA) is 81.8 Å². The highest BCUT2D eigenvalue weighted by molar-refractivity contribution is 7.11. The van der Waals surface area contributed by atoms with Gasteiger partial charge in [0.2, 0.25) is 5.91 Å². The van der Waals surface area contributed by atoms with Crippen molar-refractivity contribution in [1.82, 2.24) is 24.6 Å². The van der Waals surface area contributed by atoms with Crippen LogP contribution in [0.1, 0.15) is 40.3 Å². The summed E-state index contributed by atoms with van der Waals surface area (Å²) in [5.41, 5.74) is 1.35. The first-order valence-corrected chi connectivity index (χ1v) is 9.82. The third-order valence-corrected chi connectivity index (χ3v) is 5.79. The molecule has 0 fully saturated rings. The molecule has 4 rings (SSSR count). The number of nitrogens with zero attached hydrogens (tertiary/aromatic N) is 4. The molecule has 1 aliphatic rings. The summed E-state index contributed by atoms with van der Waals surface area (Å²) < 4.78 is 2.73. The second kappa shape index (κ2) is 7.11. The molecule has 0 radical (unpaired) electrons. The lowest BCUT2D eigenvalue weighted by molar-refractivity contribution is -0.122. The van der Waals surface area contributed by atoms with Crippen LogP contribution >= 0.6 is 11.3 Å². The Kier molecular flexibility index (Phi) is 4.65. The maximum atomic E-state index is 12.7. The normalized spacial score (nSPS) is 16.1. The Morgan fingerprint density at radius 2 is 2.07 bits per heavy atom. The van der Waals surface area contributed by atoms with E-state index in [9.17, 15) is 9.59 Å². The van der Waals surface area contributed by atoms with Crippen LogP contribution in [-0.4, -0.2) is 25.2 Å². The van der Waals surface area contributed by atoms with Gasteiger partial charge in [0.25, 0.3) is 0 Å². The molecule has 0 saturated heterocycles. The number of hydrogen-bond acceptors (Lipinski definition) is 5. The van der Waals surface area contributed by atoms with E-state index in [2.05, 4.69) is 15.4 Å². The lowest BCUT2D eigenvalue weighted by Gasteiger charge is -2.22. The molecular formula is C19H21N5O2S. The summed E-state index contributed by atoms with van der Waals surface area (Å²) in [6.45, 7) is 3.67. The van der Waals surface area contributed by atoms with Gasteiger partial charge in [0, 0.05) is 4.88 Å². The van der Waals surface area contributed by atoms with Crippen LogP contribution in [0.5, 0.6) is 0 Å². The van der Waals surface area contributed by atoms with Gasteiger partial charge < -0.3 is 5.32 Å². The summed E-state index contributed by atoms with van der Waals surface area (Å²) in [5, 5.41) is 8.37. The second-order valence-corrected chi connectivity index (χ2v) is 8.00. The van der Waals surface area contributed by atoms with Crippen LogP contribution in [0.4, 0.5) is 0 Å². The van der Waals surface area contributed by atoms with Gasteiger partial charge in [-0.15, -0.1) is 11.3 Å². The fourth-order valence-electron chi connectivity index (χ4n) is 3.48. The molecule has 1 atom stereocenters. The van der Waals surface area contributed by atoms with Crippen LogP contribution in [0, 0.1) is 13.8 Å². The number of thiazole rings is 1. The zero-order chi connectivity index (χ0) is 19.0. The molecule has 1 amide bonds. The maximum Gasteiger partial charge on any atom is 0.351 e. The van der Waals surface area contributed by atoms with Gasteiger partial charge >= 0.3 is 5.69 Å². The average Bonchev–Trinajstić information content (AvgIpc) is 3.17. The highest BCUT2D eigenvalue weighted by Crippen LogP contribution is 2.32. The van der Waals surface area contributed by atoms with Crippen LogP contribution in [-0.2, 0) is 17.8 Å². The van der Waals surface area contributed by atoms with E-state index in [1.807, 2.05) is 37.3 Å². The van der Waals surface area contributed by atoms with Crippen LogP contribution in [0.2, 0.25) is 0 Å². The van der Waals surface area contributed by atoms with Gasteiger partial charge in [-0.25, -0.2) is 9.78 Å². The molecule has 1 aliphatic carbocycles. The van der Waals surface area contributed by atoms with Crippen molar-refractivity contribution in [2.45, 2.75) is 45.7 Å². The Balaban J connectivity index is 1.53. The Hall–Kier alpha value is -2.74. The number of aryl methyl sites for hydroxylation is 3. The summed E-state index contributed by atoms with van der Waals surface area (Å²) in [6.07, 6.45) is 2.93. The van der Waals surface area contributed by atoms with Gasteiger partial charge in [-0.1, -0.05) is 18.2 Å². The fourth-order valence-corrected chi connectivity index (χ4v) is 4.52. The number of benzene rings is 1. The highest BCUT2D eigenvalue weighted by Gasteiger charge is 2.26. The minimum atomic E-state index is -0.317. The Labute approximate surface area is 160 Å². The quantitative estimate of drug-likeness (QED) is 0.749. The average molecular weight is 383 g/mol. The first kappa shape index (κ1) is 17.7. The van der Waals surface area contributed by atoms with Gasteiger partial charge in [0.05, 0.1) is 22.4 Å². The molecule has 8 heteroatoms. The lowest BCUT2D eigenvalue weighted by atomic mass is 9.97. The maximum absolute atomic E-state index is 12.7. The number of carbonyl (C=O) groups is 1. The molecule has 0 saturated carbocycles. The van der Waals surface area contributed by atoms with Gasteiger partial charge in [-0.3, -0.25) is 9.36 Å². The summed E-state index contributed by atoms with van der Waals surface area (Å²) >= 11 is 1.70. The molecule has 0 bridgehead atoms. The van der Waals surface area contributed by atoms with Crippen molar-refractivity contribution in [1.29, 1.82) is 0 Å². The number of aromatic nitrogens is 4. The second-order valence-electron chi connectivity index (χ2n) is 6.72. The molecule has 3 aromatic rings. The molecule has 1 N–H and O–H groups in total. The Bertz CT molecular complexity index is 1030. The first-order chi connectivity index (χ1) is 13.0. The van der Waals surface area contributed by atoms with Crippen LogP contribution in [0.15, 0.2) is 35.1 Å². The van der Waals surface area contributed by atoms with Crippen molar-refractivity contribution < 1.29 is 4.79 Å². The van der Waals surface area contributed by atoms with E-state index in [4.69, 9.17) is 0 Å². The molecule has 2 heterocycles. The monoisotopic (exact) mass is 383 g/mol. The summed E-state index contributed by atoms with van der Waals surface area (Å²) in [7, 11) is 0. The predicted octanol–water partition coefficient (Wildman–Crippen LogP) is 2.30. The lowest BCUT2D eigenvalue weighted by Crippen LogP contribution is -2.36. The van der Waals surface area contributed by atoms with E-state index in [0.29, 0.717) is 11.5 Å². The van der Waals surface area contributed by atoms with Crippen molar-refractivity contribution in [3.8, 4) is 5.69 Å². The third kappa shape index (κ3) is 3.44. The predicted molar refractivity (Wildman–Crippen MR) is 103 cm³/mol. The smallest absolute Gasteiger partial charge is 0.346 e. The first-order valence-electron chi connectivity index (χ1n) is 9.00. The largest absolute Gasteiger partial charge is 0.351 e. The van der Waals surface area contributed by atoms with Gasteiger partial charge in [0.1, 0.15) is 12.4 Å². The molecule has 1 aromatic carbocycles. The number of rotatable bonds is 4. The standard InChI is InChI=1S/C19H21N5O2S/c1-12-22-24(14-7-4-3-5-8-14)19(26)23(12)11-17(25)21-15-9-6-10-16-18(15)20-13(2)27-16/h3-5,7-8,15H,6,9-11H2,1-2H3,(H,21,25)/t15-/m0/s1. The SMILES string of the molecule is Cc1nc2c(s1)CCC[C@@H]2NC(=O)Cn1c(C)nn(-c2ccccc2)c1=O. The molecule has 27 heavy (non-hydrogen) atoms. The zero-order valence-electron chi connectivity index (χ0n) is 15.3. The Morgan fingerprint density at radius 3 is 2.85 bits per heavy atom. The van der Waals surface area contributed by atoms with Crippen molar-refractivity contribution in [3.05, 3.63) is 62.2 Å². The van der Waals surface area contributed by atoms with Crippen molar-refractivity contribution in [2.24, 2.45) is 0 Å². The molecule has 0 aliphatic heterocycles. The molecule has 7 nitrogen and oxygen atoms in total. The number of para-hydroxylation sites is 1. The number of fused-ring (bicyclic) bond motifs is 1. The number of amides is 1. The van der Waals surface area contributed by atoms with Crippen LogP contribution in [0.3, 0.4) is 0 Å². The van der Waals surface area contributed by atoms with E-state index in [1.54, 1.807) is 18.3 Å². The minimum Gasteiger partial charge on any atom is -0.346 e. The minimum absolute atomic E-state index is 0.0492. The number of hydrogen-bond donors (Lipinski definition) is 1. The Morgan fingerprint density at radius 1 is 1.30 bits per heavy atom. The molecule has 140 valence electrons. The van der Waals surface area contributed by atoms with E-state index in [-0.39, 0.29) is 24.2 Å². The van der Waals surface area contributed by atoms with Gasteiger partial charge in [0.15, 0.2) is 0 Å². The summed E-state index contributed by atoms with van der Waals surface area (Å²) in [4.78, 5) is 31.2. The molecule has 2 aromatic heterocycles. The van der Waals surface area contributed by atoms with E-state index in [0.717, 1.165) is 30.0 Å². The van der Waals surface area contributed by atoms with E-state index < -0.39 is 0 Å². The van der Waals surface area contributed by atoms with E-state index in [1.165, 1.54) is 14.1 Å². The van der Waals surface area contributed by atoms with Crippen molar-refractivity contribution in [2.75, 3.05) is 0 Å². The van der Waals surface area contributed by atoms with Crippen molar-refractivity contribution >= 4 is 17.2 Å².